The second-order valence-electron chi connectivity index (χ2n) is 5.76. The number of rotatable bonds is 6. The van der Waals surface area contributed by atoms with Gasteiger partial charge in [0, 0.05) is 18.9 Å². The number of carbonyl (C=O) groups excluding carboxylic acids is 1. The number of urea groups is 1. The van der Waals surface area contributed by atoms with E-state index in [-0.39, 0.29) is 12.1 Å². The molecule has 0 radical (unpaired) electrons. The molecule has 3 rings (SSSR count). The summed E-state index contributed by atoms with van der Waals surface area (Å²) in [7, 11) is 3.90. The van der Waals surface area contributed by atoms with E-state index in [0.717, 1.165) is 17.1 Å². The SMILES string of the molecule is CN(C)[C@@H](CNC(=O)NCc1cn2ccccc2n1)c1ccco1. The first kappa shape index (κ1) is 16.1. The molecule has 0 unspecified atom stereocenters. The Morgan fingerprint density at radius 3 is 2.88 bits per heavy atom. The van der Waals surface area contributed by atoms with E-state index in [0.29, 0.717) is 13.1 Å². The van der Waals surface area contributed by atoms with Gasteiger partial charge in [0.2, 0.25) is 0 Å². The average Bonchev–Trinajstić information content (AvgIpc) is 3.22. The molecular formula is C17H21N5O2. The normalized spacial score (nSPS) is 12.5. The highest BCUT2D eigenvalue weighted by Gasteiger charge is 2.17. The van der Waals surface area contributed by atoms with Crippen LogP contribution in [0.4, 0.5) is 4.79 Å². The number of furan rings is 1. The summed E-state index contributed by atoms with van der Waals surface area (Å²) >= 11 is 0. The fraction of sp³-hybridized carbons (Fsp3) is 0.294. The predicted molar refractivity (Wildman–Crippen MR) is 90.6 cm³/mol. The van der Waals surface area contributed by atoms with Crippen molar-refractivity contribution < 1.29 is 9.21 Å². The van der Waals surface area contributed by atoms with E-state index in [1.165, 1.54) is 0 Å². The second kappa shape index (κ2) is 7.18. The third-order valence-corrected chi connectivity index (χ3v) is 3.79. The topological polar surface area (TPSA) is 74.8 Å². The maximum absolute atomic E-state index is 12.0. The predicted octanol–water partition coefficient (Wildman–Crippen LogP) is 2.03. The Bertz CT molecular complexity index is 761. The minimum absolute atomic E-state index is 0.0130. The molecule has 7 nitrogen and oxygen atoms in total. The number of hydrogen-bond acceptors (Lipinski definition) is 4. The van der Waals surface area contributed by atoms with Crippen molar-refractivity contribution in [3.05, 3.63) is 60.4 Å². The van der Waals surface area contributed by atoms with E-state index in [1.807, 2.05) is 66.1 Å². The lowest BCUT2D eigenvalue weighted by molar-refractivity contribution is 0.225. The molecule has 0 saturated carbocycles. The number of imidazole rings is 1. The van der Waals surface area contributed by atoms with Gasteiger partial charge < -0.3 is 19.5 Å². The molecule has 0 saturated heterocycles. The van der Waals surface area contributed by atoms with Crippen molar-refractivity contribution in [2.45, 2.75) is 12.6 Å². The molecule has 0 aliphatic rings. The quantitative estimate of drug-likeness (QED) is 0.726. The number of fused-ring (bicyclic) bond motifs is 1. The summed E-state index contributed by atoms with van der Waals surface area (Å²) < 4.78 is 7.35. The van der Waals surface area contributed by atoms with E-state index in [2.05, 4.69) is 15.6 Å². The van der Waals surface area contributed by atoms with Crippen LogP contribution < -0.4 is 10.6 Å². The molecular weight excluding hydrogens is 306 g/mol. The Balaban J connectivity index is 1.51. The Morgan fingerprint density at radius 1 is 1.29 bits per heavy atom. The van der Waals surface area contributed by atoms with Crippen molar-refractivity contribution in [2.75, 3.05) is 20.6 Å². The summed E-state index contributed by atoms with van der Waals surface area (Å²) in [4.78, 5) is 18.5. The van der Waals surface area contributed by atoms with Gasteiger partial charge >= 0.3 is 6.03 Å². The van der Waals surface area contributed by atoms with Crippen molar-refractivity contribution in [1.29, 1.82) is 0 Å². The van der Waals surface area contributed by atoms with Crippen LogP contribution in [0.1, 0.15) is 17.5 Å². The number of nitrogens with zero attached hydrogens (tertiary/aromatic N) is 3. The van der Waals surface area contributed by atoms with E-state index in [1.54, 1.807) is 6.26 Å². The van der Waals surface area contributed by atoms with Gasteiger partial charge in [-0.05, 0) is 38.4 Å². The van der Waals surface area contributed by atoms with Gasteiger partial charge in [-0.25, -0.2) is 9.78 Å². The number of carbonyl (C=O) groups is 1. The zero-order valence-corrected chi connectivity index (χ0v) is 13.8. The largest absolute Gasteiger partial charge is 0.468 e. The molecule has 0 aromatic carbocycles. The minimum Gasteiger partial charge on any atom is -0.468 e. The van der Waals surface area contributed by atoms with Gasteiger partial charge in [-0.2, -0.15) is 0 Å². The zero-order valence-electron chi connectivity index (χ0n) is 13.8. The molecule has 0 bridgehead atoms. The van der Waals surface area contributed by atoms with Gasteiger partial charge in [0.1, 0.15) is 11.4 Å². The molecule has 0 aliphatic heterocycles. The first-order valence-corrected chi connectivity index (χ1v) is 7.77. The Hall–Kier alpha value is -2.80. The fourth-order valence-electron chi connectivity index (χ4n) is 2.51. The first-order chi connectivity index (χ1) is 11.6. The maximum atomic E-state index is 12.0. The highest BCUT2D eigenvalue weighted by Crippen LogP contribution is 2.17. The molecule has 0 spiro atoms. The van der Waals surface area contributed by atoms with Gasteiger partial charge in [0.25, 0.3) is 0 Å². The number of likely N-dealkylation sites (N-methyl/N-ethyl adjacent to an activating group) is 1. The highest BCUT2D eigenvalue weighted by molar-refractivity contribution is 5.73. The van der Waals surface area contributed by atoms with Crippen LogP contribution in [0.25, 0.3) is 5.65 Å². The van der Waals surface area contributed by atoms with Crippen LogP contribution in [-0.4, -0.2) is 41.0 Å². The summed E-state index contributed by atoms with van der Waals surface area (Å²) in [6.45, 7) is 0.832. The number of nitrogens with one attached hydrogen (secondary N) is 2. The minimum atomic E-state index is -0.231. The number of hydrogen-bond donors (Lipinski definition) is 2. The molecule has 3 heterocycles. The molecule has 2 amide bonds. The van der Waals surface area contributed by atoms with Crippen LogP contribution in [0.15, 0.2) is 53.4 Å². The first-order valence-electron chi connectivity index (χ1n) is 7.77. The summed E-state index contributed by atoms with van der Waals surface area (Å²) in [5.41, 5.74) is 1.67. The smallest absolute Gasteiger partial charge is 0.315 e. The second-order valence-corrected chi connectivity index (χ2v) is 5.76. The Labute approximate surface area is 140 Å². The van der Waals surface area contributed by atoms with Crippen molar-refractivity contribution >= 4 is 11.7 Å². The lowest BCUT2D eigenvalue weighted by Gasteiger charge is -2.22. The van der Waals surface area contributed by atoms with E-state index in [4.69, 9.17) is 4.42 Å². The zero-order chi connectivity index (χ0) is 16.9. The summed E-state index contributed by atoms with van der Waals surface area (Å²) in [6, 6.07) is 9.30. The van der Waals surface area contributed by atoms with E-state index < -0.39 is 0 Å². The summed E-state index contributed by atoms with van der Waals surface area (Å²) in [5.74, 6) is 0.820. The standard InChI is InChI=1S/C17H21N5O2/c1-21(2)14(15-6-5-9-24-15)11-19-17(23)18-10-13-12-22-8-4-3-7-16(22)20-13/h3-9,12,14H,10-11H2,1-2H3,(H2,18,19,23)/t14-/m0/s1. The van der Waals surface area contributed by atoms with Crippen molar-refractivity contribution in [2.24, 2.45) is 0 Å². The molecule has 3 aromatic heterocycles. The van der Waals surface area contributed by atoms with Gasteiger partial charge in [-0.1, -0.05) is 6.07 Å². The number of amides is 2. The third kappa shape index (κ3) is 3.75. The fourth-order valence-corrected chi connectivity index (χ4v) is 2.51. The lowest BCUT2D eigenvalue weighted by atomic mass is 10.2. The molecule has 7 heteroatoms. The monoisotopic (exact) mass is 327 g/mol. The van der Waals surface area contributed by atoms with Gasteiger partial charge in [0.15, 0.2) is 0 Å². The molecule has 0 aliphatic carbocycles. The average molecular weight is 327 g/mol. The van der Waals surface area contributed by atoms with Gasteiger partial charge in [0.05, 0.1) is 24.5 Å². The van der Waals surface area contributed by atoms with Gasteiger partial charge in [-0.15, -0.1) is 0 Å². The van der Waals surface area contributed by atoms with Crippen LogP contribution in [0.2, 0.25) is 0 Å². The summed E-state index contributed by atoms with van der Waals surface area (Å²) in [5, 5.41) is 5.69. The van der Waals surface area contributed by atoms with Crippen LogP contribution in [0.5, 0.6) is 0 Å². The molecule has 2 N–H and O–H groups in total. The Kier molecular flexibility index (Phi) is 4.81. The highest BCUT2D eigenvalue weighted by atomic mass is 16.3. The van der Waals surface area contributed by atoms with Crippen LogP contribution in [0, 0.1) is 0 Å². The number of aromatic nitrogens is 2. The van der Waals surface area contributed by atoms with E-state index >= 15 is 0 Å². The molecule has 126 valence electrons. The van der Waals surface area contributed by atoms with E-state index in [9.17, 15) is 4.79 Å². The molecule has 1 atom stereocenters. The number of pyridine rings is 1. The third-order valence-electron chi connectivity index (χ3n) is 3.79. The van der Waals surface area contributed by atoms with Crippen LogP contribution in [-0.2, 0) is 6.54 Å². The van der Waals surface area contributed by atoms with Crippen LogP contribution >= 0.6 is 0 Å². The van der Waals surface area contributed by atoms with Crippen molar-refractivity contribution in [3.63, 3.8) is 0 Å². The van der Waals surface area contributed by atoms with Crippen molar-refractivity contribution in [1.82, 2.24) is 24.9 Å². The van der Waals surface area contributed by atoms with Crippen LogP contribution in [0.3, 0.4) is 0 Å². The molecule has 0 fully saturated rings. The molecule has 24 heavy (non-hydrogen) atoms. The van der Waals surface area contributed by atoms with Gasteiger partial charge in [-0.3, -0.25) is 4.90 Å². The molecule has 3 aromatic rings. The lowest BCUT2D eigenvalue weighted by Crippen LogP contribution is -2.40. The summed E-state index contributed by atoms with van der Waals surface area (Å²) in [6.07, 6.45) is 5.47. The maximum Gasteiger partial charge on any atom is 0.315 e. The Morgan fingerprint density at radius 2 is 2.17 bits per heavy atom. The van der Waals surface area contributed by atoms with Crippen molar-refractivity contribution in [3.8, 4) is 0 Å².